The summed E-state index contributed by atoms with van der Waals surface area (Å²) in [5.74, 6) is -1.32. The third kappa shape index (κ3) is 1.88. The average Bonchev–Trinajstić information content (AvgIpc) is 2.86. The van der Waals surface area contributed by atoms with E-state index in [9.17, 15) is 18.4 Å². The summed E-state index contributed by atoms with van der Waals surface area (Å²) >= 11 is 0. The van der Waals surface area contributed by atoms with Crippen LogP contribution in [0, 0.1) is 11.6 Å². The standard InChI is InChI=1S/C14H12F2N2O2/c15-9-3-8(4-10(16)5-9)7-1-2-18(6-7)12-11(17)13(19)14(12)20/h3-5,7H,1-2,6,17H2. The zero-order valence-electron chi connectivity index (χ0n) is 10.5. The number of nitrogens with zero attached hydrogens (tertiary/aromatic N) is 1. The third-order valence-electron chi connectivity index (χ3n) is 3.78. The summed E-state index contributed by atoms with van der Waals surface area (Å²) in [5.41, 5.74) is 5.08. The molecule has 0 aliphatic carbocycles. The molecular formula is C14H12F2N2O2. The van der Waals surface area contributed by atoms with Crippen LogP contribution in [0.2, 0.25) is 0 Å². The van der Waals surface area contributed by atoms with Gasteiger partial charge in [-0.2, -0.15) is 0 Å². The van der Waals surface area contributed by atoms with Gasteiger partial charge in [0.05, 0.1) is 0 Å². The van der Waals surface area contributed by atoms with Crippen LogP contribution in [-0.2, 0) is 0 Å². The van der Waals surface area contributed by atoms with Gasteiger partial charge in [0, 0.05) is 25.1 Å². The van der Waals surface area contributed by atoms with Crippen molar-refractivity contribution in [2.45, 2.75) is 12.3 Å². The van der Waals surface area contributed by atoms with Crippen molar-refractivity contribution in [1.29, 1.82) is 0 Å². The molecule has 2 aromatic carbocycles. The molecular weight excluding hydrogens is 266 g/mol. The minimum atomic E-state index is -0.653. The second kappa shape index (κ2) is 4.40. The zero-order valence-corrected chi connectivity index (χ0v) is 10.5. The Balaban J connectivity index is 1.84. The Morgan fingerprint density at radius 2 is 1.75 bits per heavy atom. The van der Waals surface area contributed by atoms with Crippen molar-refractivity contribution in [3.8, 4) is 0 Å². The van der Waals surface area contributed by atoms with Crippen LogP contribution < -0.4 is 21.5 Å². The van der Waals surface area contributed by atoms with E-state index in [4.69, 9.17) is 5.73 Å². The van der Waals surface area contributed by atoms with Crippen LogP contribution in [0.5, 0.6) is 0 Å². The van der Waals surface area contributed by atoms with E-state index in [1.54, 1.807) is 4.90 Å². The first-order chi connectivity index (χ1) is 9.47. The van der Waals surface area contributed by atoms with Gasteiger partial charge in [-0.3, -0.25) is 9.59 Å². The fourth-order valence-corrected chi connectivity index (χ4v) is 2.76. The molecule has 1 heterocycles. The summed E-state index contributed by atoms with van der Waals surface area (Å²) < 4.78 is 26.4. The Morgan fingerprint density at radius 1 is 1.10 bits per heavy atom. The fraction of sp³-hybridized carbons (Fsp3) is 0.286. The van der Waals surface area contributed by atoms with Crippen LogP contribution in [0.3, 0.4) is 0 Å². The van der Waals surface area contributed by atoms with Gasteiger partial charge in [0.2, 0.25) is 0 Å². The predicted octanol–water partition coefficient (Wildman–Crippen LogP) is 1.14. The van der Waals surface area contributed by atoms with Gasteiger partial charge in [0.25, 0.3) is 10.9 Å². The molecule has 0 aromatic heterocycles. The van der Waals surface area contributed by atoms with E-state index in [2.05, 4.69) is 0 Å². The van der Waals surface area contributed by atoms with Crippen LogP contribution >= 0.6 is 0 Å². The minimum Gasteiger partial charge on any atom is -0.394 e. The number of anilines is 2. The SMILES string of the molecule is Nc1c(N2CCC(c3cc(F)cc(F)c3)C2)c(=O)c1=O. The molecule has 4 nitrogen and oxygen atoms in total. The largest absolute Gasteiger partial charge is 0.394 e. The monoisotopic (exact) mass is 278 g/mol. The van der Waals surface area contributed by atoms with E-state index >= 15 is 0 Å². The lowest BCUT2D eigenvalue weighted by Gasteiger charge is -2.21. The Bertz CT molecular complexity index is 730. The van der Waals surface area contributed by atoms with Gasteiger partial charge in [0.1, 0.15) is 23.0 Å². The lowest BCUT2D eigenvalue weighted by atomic mass is 9.98. The molecule has 104 valence electrons. The first-order valence-electron chi connectivity index (χ1n) is 6.27. The number of hydrogen-bond donors (Lipinski definition) is 1. The van der Waals surface area contributed by atoms with Crippen molar-refractivity contribution in [1.82, 2.24) is 0 Å². The van der Waals surface area contributed by atoms with E-state index in [1.807, 2.05) is 0 Å². The summed E-state index contributed by atoms with van der Waals surface area (Å²) in [5, 5.41) is 0. The Kier molecular flexibility index (Phi) is 2.81. The van der Waals surface area contributed by atoms with Crippen LogP contribution in [0.15, 0.2) is 27.8 Å². The predicted molar refractivity (Wildman–Crippen MR) is 71.7 cm³/mol. The molecule has 1 atom stereocenters. The van der Waals surface area contributed by atoms with Crippen LogP contribution in [0.1, 0.15) is 17.9 Å². The van der Waals surface area contributed by atoms with Crippen LogP contribution in [-0.4, -0.2) is 13.1 Å². The Labute approximate surface area is 113 Å². The van der Waals surface area contributed by atoms with Crippen molar-refractivity contribution in [2.24, 2.45) is 0 Å². The van der Waals surface area contributed by atoms with Crippen molar-refractivity contribution in [2.75, 3.05) is 23.7 Å². The normalized spacial score (nSPS) is 18.9. The molecule has 2 aromatic rings. The zero-order chi connectivity index (χ0) is 14.4. The first-order valence-corrected chi connectivity index (χ1v) is 6.27. The highest BCUT2D eigenvalue weighted by atomic mass is 19.1. The number of nitrogen functional groups attached to an aromatic ring is 1. The van der Waals surface area contributed by atoms with E-state index in [0.717, 1.165) is 6.07 Å². The van der Waals surface area contributed by atoms with Crippen molar-refractivity contribution < 1.29 is 8.78 Å². The molecule has 6 heteroatoms. The molecule has 0 spiro atoms. The summed E-state index contributed by atoms with van der Waals surface area (Å²) in [6, 6.07) is 3.41. The van der Waals surface area contributed by atoms with E-state index in [1.165, 1.54) is 12.1 Å². The fourth-order valence-electron chi connectivity index (χ4n) is 2.76. The molecule has 1 aliphatic heterocycles. The highest BCUT2D eigenvalue weighted by molar-refractivity contribution is 5.73. The number of nitrogens with two attached hydrogens (primary N) is 1. The highest BCUT2D eigenvalue weighted by Crippen LogP contribution is 2.32. The average molecular weight is 278 g/mol. The van der Waals surface area contributed by atoms with Gasteiger partial charge >= 0.3 is 0 Å². The smallest absolute Gasteiger partial charge is 0.253 e. The third-order valence-corrected chi connectivity index (χ3v) is 3.78. The number of rotatable bonds is 2. The Hall–Kier alpha value is -2.24. The molecule has 0 amide bonds. The maximum absolute atomic E-state index is 13.2. The Morgan fingerprint density at radius 3 is 2.35 bits per heavy atom. The molecule has 1 saturated heterocycles. The lowest BCUT2D eigenvalue weighted by Crippen LogP contribution is -2.41. The maximum Gasteiger partial charge on any atom is 0.253 e. The van der Waals surface area contributed by atoms with E-state index in [-0.39, 0.29) is 17.3 Å². The molecule has 0 saturated carbocycles. The molecule has 0 bridgehead atoms. The second-order valence-corrected chi connectivity index (χ2v) is 5.05. The minimum absolute atomic E-state index is 0.0129. The maximum atomic E-state index is 13.2. The van der Waals surface area contributed by atoms with Gasteiger partial charge in [-0.05, 0) is 24.1 Å². The lowest BCUT2D eigenvalue weighted by molar-refractivity contribution is 0.575. The van der Waals surface area contributed by atoms with Crippen LogP contribution in [0.25, 0.3) is 0 Å². The van der Waals surface area contributed by atoms with Gasteiger partial charge in [-0.25, -0.2) is 8.78 Å². The van der Waals surface area contributed by atoms with Crippen molar-refractivity contribution in [3.05, 3.63) is 55.8 Å². The number of hydrogen-bond acceptors (Lipinski definition) is 4. The van der Waals surface area contributed by atoms with Gasteiger partial charge < -0.3 is 10.6 Å². The molecule has 3 rings (SSSR count). The summed E-state index contributed by atoms with van der Waals surface area (Å²) in [7, 11) is 0. The summed E-state index contributed by atoms with van der Waals surface area (Å²) in [4.78, 5) is 24.3. The molecule has 1 fully saturated rings. The summed E-state index contributed by atoms with van der Waals surface area (Å²) in [6.07, 6.45) is 0.654. The topological polar surface area (TPSA) is 63.4 Å². The van der Waals surface area contributed by atoms with Gasteiger partial charge in [-0.1, -0.05) is 0 Å². The van der Waals surface area contributed by atoms with Crippen molar-refractivity contribution >= 4 is 11.4 Å². The molecule has 0 radical (unpaired) electrons. The number of benzene rings is 1. The highest BCUT2D eigenvalue weighted by Gasteiger charge is 2.31. The van der Waals surface area contributed by atoms with Crippen LogP contribution in [0.4, 0.5) is 20.2 Å². The molecule has 20 heavy (non-hydrogen) atoms. The number of halogens is 2. The molecule has 1 aliphatic rings. The van der Waals surface area contributed by atoms with E-state index < -0.39 is 22.5 Å². The van der Waals surface area contributed by atoms with Crippen molar-refractivity contribution in [3.63, 3.8) is 0 Å². The molecule has 1 unspecified atom stereocenters. The second-order valence-electron chi connectivity index (χ2n) is 5.05. The first kappa shape index (κ1) is 12.8. The van der Waals surface area contributed by atoms with Gasteiger partial charge in [-0.15, -0.1) is 0 Å². The quantitative estimate of drug-likeness (QED) is 0.837. The summed E-state index contributed by atoms with van der Waals surface area (Å²) in [6.45, 7) is 0.968. The molecule has 2 N–H and O–H groups in total. The van der Waals surface area contributed by atoms with Gasteiger partial charge in [0.15, 0.2) is 0 Å². The van der Waals surface area contributed by atoms with E-state index in [0.29, 0.717) is 25.1 Å².